The van der Waals surface area contributed by atoms with Crippen LogP contribution < -0.4 is 15.0 Å². The number of pyridine rings is 2. The molecule has 0 unspecified atom stereocenters. The molecule has 0 spiro atoms. The molecule has 0 radical (unpaired) electrons. The molecule has 0 atom stereocenters. The summed E-state index contributed by atoms with van der Waals surface area (Å²) in [6.07, 6.45) is 4.90. The molecular formula is C26H28N6O2. The Kier molecular flexibility index (Phi) is 6.54. The van der Waals surface area contributed by atoms with Crippen molar-refractivity contribution in [2.24, 2.45) is 0 Å². The van der Waals surface area contributed by atoms with Gasteiger partial charge in [-0.15, -0.1) is 0 Å². The van der Waals surface area contributed by atoms with E-state index in [1.54, 1.807) is 6.20 Å². The number of carbonyl (C=O) groups excluding carboxylic acids is 1. The first-order valence-corrected chi connectivity index (χ1v) is 11.9. The predicted molar refractivity (Wildman–Crippen MR) is 131 cm³/mol. The van der Waals surface area contributed by atoms with Crippen molar-refractivity contribution in [3.8, 4) is 11.9 Å². The molecule has 1 amide bonds. The number of nitrogens with zero attached hydrogens (tertiary/aromatic N) is 5. The molecule has 3 aromatic rings. The van der Waals surface area contributed by atoms with Crippen LogP contribution in [-0.4, -0.2) is 60.1 Å². The molecule has 1 saturated heterocycles. The minimum atomic E-state index is 0.0151. The van der Waals surface area contributed by atoms with Gasteiger partial charge in [-0.3, -0.25) is 14.7 Å². The first-order chi connectivity index (χ1) is 16.7. The number of nitriles is 1. The number of unbranched alkanes of at least 4 members (excludes halogenated alkanes) is 1. The third kappa shape index (κ3) is 4.95. The molecule has 174 valence electrons. The molecule has 5 rings (SSSR count). The van der Waals surface area contributed by atoms with Crippen molar-refractivity contribution in [1.82, 2.24) is 14.9 Å². The Morgan fingerprint density at radius 2 is 1.97 bits per heavy atom. The SMILES string of the molecule is N#Cc1cnc2cccc(N3CCN(CCCCOc4ccc5c(n4)NC(=O)CC5)CC3)c2c1. The molecule has 2 aliphatic rings. The Labute approximate surface area is 199 Å². The molecule has 2 aromatic heterocycles. The van der Waals surface area contributed by atoms with E-state index in [1.165, 1.54) is 0 Å². The van der Waals surface area contributed by atoms with Crippen LogP contribution >= 0.6 is 0 Å². The van der Waals surface area contributed by atoms with Crippen molar-refractivity contribution >= 4 is 28.3 Å². The molecule has 34 heavy (non-hydrogen) atoms. The number of nitrogens with one attached hydrogen (secondary N) is 1. The summed E-state index contributed by atoms with van der Waals surface area (Å²) < 4.78 is 5.81. The summed E-state index contributed by atoms with van der Waals surface area (Å²) in [6, 6.07) is 14.2. The maximum absolute atomic E-state index is 11.6. The Hall–Kier alpha value is -3.70. The standard InChI is InChI=1S/C26H28N6O2/c27-17-19-16-21-22(28-18-19)4-3-5-23(21)32-13-11-31(12-14-32)10-1-2-15-34-25-9-7-20-6-8-24(33)29-26(20)30-25/h3-5,7,9,16,18H,1-2,6,8,10-15H2,(H,29,30,33). The van der Waals surface area contributed by atoms with Gasteiger partial charge in [0.2, 0.25) is 11.8 Å². The monoisotopic (exact) mass is 456 g/mol. The van der Waals surface area contributed by atoms with Crippen LogP contribution in [0.5, 0.6) is 5.88 Å². The molecule has 8 nitrogen and oxygen atoms in total. The lowest BCUT2D eigenvalue weighted by molar-refractivity contribution is -0.116. The number of benzene rings is 1. The number of amides is 1. The first kappa shape index (κ1) is 22.1. The van der Waals surface area contributed by atoms with Gasteiger partial charge in [-0.05, 0) is 55.6 Å². The zero-order valence-electron chi connectivity index (χ0n) is 19.2. The maximum atomic E-state index is 11.6. The van der Waals surface area contributed by atoms with Gasteiger partial charge in [0.15, 0.2) is 0 Å². The lowest BCUT2D eigenvalue weighted by atomic mass is 10.1. The topological polar surface area (TPSA) is 94.4 Å². The summed E-state index contributed by atoms with van der Waals surface area (Å²) in [5, 5.41) is 13.1. The number of aromatic nitrogens is 2. The van der Waals surface area contributed by atoms with E-state index in [-0.39, 0.29) is 5.91 Å². The second kappa shape index (κ2) is 10.1. The summed E-state index contributed by atoms with van der Waals surface area (Å²) in [5.74, 6) is 1.22. The fourth-order valence-electron chi connectivity index (χ4n) is 4.60. The number of rotatable bonds is 7. The molecule has 1 aromatic carbocycles. The highest BCUT2D eigenvalue weighted by atomic mass is 16.5. The number of hydrogen-bond acceptors (Lipinski definition) is 7. The van der Waals surface area contributed by atoms with Gasteiger partial charge in [-0.2, -0.15) is 10.2 Å². The molecule has 1 fully saturated rings. The van der Waals surface area contributed by atoms with E-state index in [9.17, 15) is 10.1 Å². The van der Waals surface area contributed by atoms with E-state index in [0.717, 1.165) is 74.1 Å². The fraction of sp³-hybridized carbons (Fsp3) is 0.385. The highest BCUT2D eigenvalue weighted by Crippen LogP contribution is 2.27. The van der Waals surface area contributed by atoms with Crippen LogP contribution in [0.15, 0.2) is 42.6 Å². The molecule has 0 bridgehead atoms. The predicted octanol–water partition coefficient (Wildman–Crippen LogP) is 3.37. The molecule has 0 aliphatic carbocycles. The van der Waals surface area contributed by atoms with Crippen molar-refractivity contribution in [2.45, 2.75) is 25.7 Å². The third-order valence-corrected chi connectivity index (χ3v) is 6.50. The zero-order chi connectivity index (χ0) is 23.3. The van der Waals surface area contributed by atoms with E-state index >= 15 is 0 Å². The van der Waals surface area contributed by atoms with Crippen LogP contribution in [0.2, 0.25) is 0 Å². The van der Waals surface area contributed by atoms with E-state index in [2.05, 4.69) is 37.2 Å². The summed E-state index contributed by atoms with van der Waals surface area (Å²) in [6.45, 7) is 5.59. The van der Waals surface area contributed by atoms with Gasteiger partial charge in [-0.1, -0.05) is 6.07 Å². The lowest BCUT2D eigenvalue weighted by Gasteiger charge is -2.36. The minimum Gasteiger partial charge on any atom is -0.478 e. The largest absolute Gasteiger partial charge is 0.478 e. The van der Waals surface area contributed by atoms with Gasteiger partial charge in [-0.25, -0.2) is 0 Å². The molecule has 0 saturated carbocycles. The number of anilines is 2. The van der Waals surface area contributed by atoms with Crippen LogP contribution in [0.25, 0.3) is 10.9 Å². The Morgan fingerprint density at radius 3 is 2.82 bits per heavy atom. The highest BCUT2D eigenvalue weighted by Gasteiger charge is 2.19. The van der Waals surface area contributed by atoms with Crippen molar-refractivity contribution in [1.29, 1.82) is 5.26 Å². The van der Waals surface area contributed by atoms with Crippen molar-refractivity contribution in [2.75, 3.05) is 49.5 Å². The Morgan fingerprint density at radius 1 is 1.09 bits per heavy atom. The Bertz CT molecular complexity index is 1230. The summed E-state index contributed by atoms with van der Waals surface area (Å²) >= 11 is 0. The molecule has 4 heterocycles. The summed E-state index contributed by atoms with van der Waals surface area (Å²) in [5.41, 5.74) is 3.74. The van der Waals surface area contributed by atoms with Gasteiger partial charge in [0.25, 0.3) is 0 Å². The highest BCUT2D eigenvalue weighted by molar-refractivity contribution is 5.93. The normalized spacial score (nSPS) is 16.1. The van der Waals surface area contributed by atoms with Crippen molar-refractivity contribution in [3.05, 3.63) is 53.7 Å². The van der Waals surface area contributed by atoms with E-state index < -0.39 is 0 Å². The summed E-state index contributed by atoms with van der Waals surface area (Å²) in [7, 11) is 0. The number of hydrogen-bond donors (Lipinski definition) is 1. The number of fused-ring (bicyclic) bond motifs is 2. The minimum absolute atomic E-state index is 0.0151. The van der Waals surface area contributed by atoms with Gasteiger partial charge in [0, 0.05) is 55.9 Å². The van der Waals surface area contributed by atoms with Crippen molar-refractivity contribution in [3.63, 3.8) is 0 Å². The zero-order valence-corrected chi connectivity index (χ0v) is 19.2. The quantitative estimate of drug-likeness (QED) is 0.545. The second-order valence-corrected chi connectivity index (χ2v) is 8.77. The third-order valence-electron chi connectivity index (χ3n) is 6.50. The second-order valence-electron chi connectivity index (χ2n) is 8.77. The number of ether oxygens (including phenoxy) is 1. The molecule has 2 aliphatic heterocycles. The number of piperazine rings is 1. The van der Waals surface area contributed by atoms with Gasteiger partial charge in [0.1, 0.15) is 11.9 Å². The maximum Gasteiger partial charge on any atom is 0.225 e. The molecule has 8 heteroatoms. The number of carbonyl (C=O) groups is 1. The van der Waals surface area contributed by atoms with Gasteiger partial charge < -0.3 is 15.0 Å². The van der Waals surface area contributed by atoms with E-state index in [0.29, 0.717) is 30.3 Å². The van der Waals surface area contributed by atoms with Gasteiger partial charge >= 0.3 is 0 Å². The molecular weight excluding hydrogens is 428 g/mol. The fourth-order valence-corrected chi connectivity index (χ4v) is 4.60. The lowest BCUT2D eigenvalue weighted by Crippen LogP contribution is -2.46. The van der Waals surface area contributed by atoms with Crippen LogP contribution in [0, 0.1) is 11.3 Å². The van der Waals surface area contributed by atoms with Crippen LogP contribution in [-0.2, 0) is 11.2 Å². The van der Waals surface area contributed by atoms with Crippen molar-refractivity contribution < 1.29 is 9.53 Å². The van der Waals surface area contributed by atoms with E-state index in [1.807, 2.05) is 30.3 Å². The Balaban J connectivity index is 1.07. The van der Waals surface area contributed by atoms with E-state index in [4.69, 9.17) is 4.74 Å². The molecule has 1 N–H and O–H groups in total. The average Bonchev–Trinajstić information content (AvgIpc) is 2.88. The smallest absolute Gasteiger partial charge is 0.225 e. The summed E-state index contributed by atoms with van der Waals surface area (Å²) in [4.78, 5) is 25.3. The average molecular weight is 457 g/mol. The van der Waals surface area contributed by atoms with Crippen LogP contribution in [0.3, 0.4) is 0 Å². The van der Waals surface area contributed by atoms with Crippen LogP contribution in [0.1, 0.15) is 30.4 Å². The van der Waals surface area contributed by atoms with Gasteiger partial charge in [0.05, 0.1) is 17.7 Å². The number of aryl methyl sites for hydroxylation is 1. The van der Waals surface area contributed by atoms with Crippen LogP contribution in [0.4, 0.5) is 11.5 Å². The first-order valence-electron chi connectivity index (χ1n) is 11.9.